The summed E-state index contributed by atoms with van der Waals surface area (Å²) in [6.45, 7) is 4.59. The van der Waals surface area contributed by atoms with Crippen LogP contribution in [0, 0.1) is 0 Å². The summed E-state index contributed by atoms with van der Waals surface area (Å²) in [5.74, 6) is 1.45. The van der Waals surface area contributed by atoms with E-state index in [1.807, 2.05) is 24.3 Å². The lowest BCUT2D eigenvalue weighted by molar-refractivity contribution is -0.123. The molecule has 1 aliphatic carbocycles. The Morgan fingerprint density at radius 3 is 2.66 bits per heavy atom. The number of guanidine groups is 1. The molecular formula is C21H33IN4O3. The molecule has 3 rings (SSSR count). The molecule has 7 nitrogen and oxygen atoms in total. The van der Waals surface area contributed by atoms with Gasteiger partial charge < -0.3 is 25.4 Å². The molecule has 3 N–H and O–H groups in total. The largest absolute Gasteiger partial charge is 0.484 e. The first-order valence-corrected chi connectivity index (χ1v) is 10.2. The summed E-state index contributed by atoms with van der Waals surface area (Å²) in [6.07, 6.45) is 5.24. The van der Waals surface area contributed by atoms with E-state index in [1.54, 1.807) is 7.05 Å². The molecule has 1 unspecified atom stereocenters. The van der Waals surface area contributed by atoms with Crippen LogP contribution in [0.1, 0.15) is 38.2 Å². The van der Waals surface area contributed by atoms with Gasteiger partial charge in [0.2, 0.25) is 0 Å². The number of nitrogens with one attached hydrogen (secondary N) is 3. The summed E-state index contributed by atoms with van der Waals surface area (Å²) in [6, 6.07) is 8.24. The Bertz CT molecular complexity index is 671. The summed E-state index contributed by atoms with van der Waals surface area (Å²) in [4.78, 5) is 15.9. The summed E-state index contributed by atoms with van der Waals surface area (Å²) in [5, 5.41) is 9.60. The van der Waals surface area contributed by atoms with Gasteiger partial charge >= 0.3 is 0 Å². The number of aliphatic imine (C=N–C) groups is 1. The third-order valence-corrected chi connectivity index (χ3v) is 5.10. The van der Waals surface area contributed by atoms with Crippen LogP contribution in [0.2, 0.25) is 0 Å². The Morgan fingerprint density at radius 2 is 2.03 bits per heavy atom. The molecule has 0 bridgehead atoms. The molecule has 2 fully saturated rings. The second kappa shape index (κ2) is 11.6. The Hall–Kier alpha value is -1.55. The van der Waals surface area contributed by atoms with Crippen molar-refractivity contribution in [3.63, 3.8) is 0 Å². The lowest BCUT2D eigenvalue weighted by Gasteiger charge is -2.24. The number of halogens is 1. The molecule has 1 saturated carbocycles. The molecule has 1 heterocycles. The Labute approximate surface area is 190 Å². The van der Waals surface area contributed by atoms with Gasteiger partial charge in [-0.25, -0.2) is 0 Å². The summed E-state index contributed by atoms with van der Waals surface area (Å²) in [7, 11) is 1.78. The number of carbonyl (C=O) groups excluding carboxylic acids is 1. The molecule has 1 aromatic rings. The number of rotatable bonds is 9. The average Bonchev–Trinajstić information content (AvgIpc) is 3.41. The van der Waals surface area contributed by atoms with Crippen LogP contribution in [0.15, 0.2) is 29.3 Å². The van der Waals surface area contributed by atoms with Gasteiger partial charge in [-0.05, 0) is 56.7 Å². The van der Waals surface area contributed by atoms with Crippen LogP contribution in [0.4, 0.5) is 0 Å². The molecule has 1 amide bonds. The van der Waals surface area contributed by atoms with E-state index < -0.39 is 0 Å². The van der Waals surface area contributed by atoms with Gasteiger partial charge in [-0.15, -0.1) is 24.0 Å². The summed E-state index contributed by atoms with van der Waals surface area (Å²) in [5.41, 5.74) is 1.10. The van der Waals surface area contributed by atoms with Gasteiger partial charge in [-0.3, -0.25) is 9.79 Å². The van der Waals surface area contributed by atoms with E-state index in [-0.39, 0.29) is 42.1 Å². The molecule has 1 aliphatic heterocycles. The Morgan fingerprint density at radius 1 is 1.28 bits per heavy atom. The normalized spacial score (nSPS) is 21.2. The summed E-state index contributed by atoms with van der Waals surface area (Å²) >= 11 is 0. The minimum Gasteiger partial charge on any atom is -0.484 e. The van der Waals surface area contributed by atoms with Crippen molar-refractivity contribution in [1.29, 1.82) is 0 Å². The van der Waals surface area contributed by atoms with E-state index in [4.69, 9.17) is 9.47 Å². The highest BCUT2D eigenvalue weighted by atomic mass is 127. The summed E-state index contributed by atoms with van der Waals surface area (Å²) < 4.78 is 11.3. The third-order valence-electron chi connectivity index (χ3n) is 5.10. The quantitative estimate of drug-likeness (QED) is 0.267. The van der Waals surface area contributed by atoms with Crippen molar-refractivity contribution in [2.24, 2.45) is 4.99 Å². The van der Waals surface area contributed by atoms with Gasteiger partial charge in [0.15, 0.2) is 12.6 Å². The van der Waals surface area contributed by atoms with Crippen LogP contribution in [-0.2, 0) is 16.0 Å². The van der Waals surface area contributed by atoms with Gasteiger partial charge in [0.25, 0.3) is 5.91 Å². The number of hydrogen-bond donors (Lipinski definition) is 3. The Balaban J connectivity index is 0.00000300. The fourth-order valence-corrected chi connectivity index (χ4v) is 3.19. The molecule has 8 heteroatoms. The van der Waals surface area contributed by atoms with Crippen LogP contribution < -0.4 is 20.7 Å². The van der Waals surface area contributed by atoms with Crippen molar-refractivity contribution in [2.75, 3.05) is 33.4 Å². The smallest absolute Gasteiger partial charge is 0.258 e. The molecule has 0 aromatic heterocycles. The minimum absolute atomic E-state index is 0. The fourth-order valence-electron chi connectivity index (χ4n) is 3.19. The van der Waals surface area contributed by atoms with E-state index in [2.05, 4.69) is 27.9 Å². The zero-order chi connectivity index (χ0) is 19.8. The highest BCUT2D eigenvalue weighted by Gasteiger charge is 2.29. The van der Waals surface area contributed by atoms with Crippen molar-refractivity contribution in [3.05, 3.63) is 29.8 Å². The van der Waals surface area contributed by atoms with E-state index >= 15 is 0 Å². The second-order valence-corrected chi connectivity index (χ2v) is 7.78. The van der Waals surface area contributed by atoms with E-state index in [0.717, 1.165) is 57.8 Å². The zero-order valence-corrected chi connectivity index (χ0v) is 19.7. The topological polar surface area (TPSA) is 84.0 Å². The first-order chi connectivity index (χ1) is 13.6. The molecule has 1 aromatic carbocycles. The maximum atomic E-state index is 11.7. The Kier molecular flexibility index (Phi) is 9.48. The lowest BCUT2D eigenvalue weighted by atomic mass is 10.0. The monoisotopic (exact) mass is 516 g/mol. The molecule has 1 saturated heterocycles. The number of carbonyl (C=O) groups is 1. The maximum absolute atomic E-state index is 11.7. The van der Waals surface area contributed by atoms with Crippen molar-refractivity contribution in [1.82, 2.24) is 16.0 Å². The predicted molar refractivity (Wildman–Crippen MR) is 125 cm³/mol. The number of nitrogens with zero attached hydrogens (tertiary/aromatic N) is 1. The molecule has 29 heavy (non-hydrogen) atoms. The van der Waals surface area contributed by atoms with Gasteiger partial charge in [0.05, 0.1) is 5.60 Å². The highest BCUT2D eigenvalue weighted by molar-refractivity contribution is 14.0. The van der Waals surface area contributed by atoms with Crippen LogP contribution in [-0.4, -0.2) is 56.9 Å². The maximum Gasteiger partial charge on any atom is 0.258 e. The van der Waals surface area contributed by atoms with Crippen molar-refractivity contribution in [2.45, 2.75) is 50.7 Å². The molecule has 0 spiro atoms. The SMILES string of the molecule is CN=C(NCCc1ccc(OCC(=O)NC2CC2)cc1)NCC1(C)CCCO1.I. The molecule has 1 atom stereocenters. The van der Waals surface area contributed by atoms with Gasteiger partial charge in [0.1, 0.15) is 5.75 Å². The lowest BCUT2D eigenvalue weighted by Crippen LogP contribution is -2.45. The van der Waals surface area contributed by atoms with Crippen LogP contribution in [0.25, 0.3) is 0 Å². The van der Waals surface area contributed by atoms with Gasteiger partial charge in [0, 0.05) is 32.8 Å². The van der Waals surface area contributed by atoms with E-state index in [1.165, 1.54) is 5.56 Å². The predicted octanol–water partition coefficient (Wildman–Crippen LogP) is 2.24. The van der Waals surface area contributed by atoms with E-state index in [0.29, 0.717) is 11.8 Å². The zero-order valence-electron chi connectivity index (χ0n) is 17.3. The number of benzene rings is 1. The highest BCUT2D eigenvalue weighted by Crippen LogP contribution is 2.23. The average molecular weight is 516 g/mol. The van der Waals surface area contributed by atoms with Gasteiger partial charge in [-0.1, -0.05) is 12.1 Å². The molecular weight excluding hydrogens is 483 g/mol. The molecule has 162 valence electrons. The number of ether oxygens (including phenoxy) is 2. The minimum atomic E-state index is -0.0942. The second-order valence-electron chi connectivity index (χ2n) is 7.78. The first kappa shape index (κ1) is 23.7. The third kappa shape index (κ3) is 8.38. The van der Waals surface area contributed by atoms with Crippen molar-refractivity contribution >= 4 is 35.8 Å². The standard InChI is InChI=1S/C21H32N4O3.HI/c1-21(11-3-13-28-21)15-24-20(22-2)23-12-10-16-4-8-18(9-5-16)27-14-19(26)25-17-6-7-17;/h4-5,8-9,17H,3,6-7,10-15H2,1-2H3,(H,25,26)(H2,22,23,24);1H. The molecule has 2 aliphatic rings. The number of hydrogen-bond acceptors (Lipinski definition) is 4. The fraction of sp³-hybridized carbons (Fsp3) is 0.619. The number of amides is 1. The van der Waals surface area contributed by atoms with Crippen molar-refractivity contribution < 1.29 is 14.3 Å². The van der Waals surface area contributed by atoms with Crippen LogP contribution in [0.3, 0.4) is 0 Å². The van der Waals surface area contributed by atoms with Crippen LogP contribution in [0.5, 0.6) is 5.75 Å². The van der Waals surface area contributed by atoms with Crippen molar-refractivity contribution in [3.8, 4) is 5.75 Å². The van der Waals surface area contributed by atoms with E-state index in [9.17, 15) is 4.79 Å². The van der Waals surface area contributed by atoms with Crippen LogP contribution >= 0.6 is 24.0 Å². The molecule has 0 radical (unpaired) electrons. The first-order valence-electron chi connectivity index (χ1n) is 10.2. The van der Waals surface area contributed by atoms with Gasteiger partial charge in [-0.2, -0.15) is 0 Å².